The number of ether oxygens (including phenoxy) is 1. The summed E-state index contributed by atoms with van der Waals surface area (Å²) in [6, 6.07) is 15.2. The Kier molecular flexibility index (Phi) is 4.86. The Morgan fingerprint density at radius 3 is 2.38 bits per heavy atom. The summed E-state index contributed by atoms with van der Waals surface area (Å²) in [6.07, 6.45) is 0.783. The number of benzene rings is 2. The van der Waals surface area contributed by atoms with Gasteiger partial charge in [0.2, 0.25) is 17.7 Å². The molecular weight excluding hydrogens is 368 g/mol. The number of fused-ring (bicyclic) bond motifs is 1. The maximum absolute atomic E-state index is 13.2. The van der Waals surface area contributed by atoms with E-state index in [0.29, 0.717) is 24.4 Å². The van der Waals surface area contributed by atoms with E-state index in [0.717, 1.165) is 16.9 Å². The first-order valence-electron chi connectivity index (χ1n) is 9.75. The van der Waals surface area contributed by atoms with Crippen LogP contribution >= 0.6 is 0 Å². The van der Waals surface area contributed by atoms with Gasteiger partial charge in [-0.05, 0) is 35.2 Å². The van der Waals surface area contributed by atoms with Crippen LogP contribution in [-0.2, 0) is 32.8 Å². The van der Waals surface area contributed by atoms with E-state index in [2.05, 4.69) is 6.07 Å². The van der Waals surface area contributed by atoms with E-state index in [9.17, 15) is 14.4 Å². The van der Waals surface area contributed by atoms with Gasteiger partial charge in [-0.3, -0.25) is 19.3 Å². The standard InChI is InChI=1S/C23H24N2O4/c1-24-20(26)13-23(22(24)28,18-7-9-19(29-2)10-8-18)14-21(27)25-12-11-16-5-3-4-6-17(16)15-25/h3-10H,11-15H2,1-2H3. The van der Waals surface area contributed by atoms with Gasteiger partial charge in [0, 0.05) is 33.0 Å². The van der Waals surface area contributed by atoms with Crippen LogP contribution in [0.3, 0.4) is 0 Å². The van der Waals surface area contributed by atoms with E-state index in [4.69, 9.17) is 4.74 Å². The minimum Gasteiger partial charge on any atom is -0.497 e. The smallest absolute Gasteiger partial charge is 0.240 e. The van der Waals surface area contributed by atoms with Crippen molar-refractivity contribution in [2.45, 2.75) is 31.2 Å². The van der Waals surface area contributed by atoms with E-state index in [1.807, 2.05) is 18.2 Å². The van der Waals surface area contributed by atoms with Crippen molar-refractivity contribution in [3.63, 3.8) is 0 Å². The highest BCUT2D eigenvalue weighted by molar-refractivity contribution is 6.10. The van der Waals surface area contributed by atoms with Gasteiger partial charge in [0.1, 0.15) is 5.75 Å². The fraction of sp³-hybridized carbons (Fsp3) is 0.348. The predicted molar refractivity (Wildman–Crippen MR) is 107 cm³/mol. The molecule has 4 rings (SSSR count). The van der Waals surface area contributed by atoms with Crippen LogP contribution in [0.4, 0.5) is 0 Å². The molecule has 1 fully saturated rings. The van der Waals surface area contributed by atoms with Crippen molar-refractivity contribution in [2.75, 3.05) is 20.7 Å². The Bertz CT molecular complexity index is 969. The van der Waals surface area contributed by atoms with Gasteiger partial charge >= 0.3 is 0 Å². The number of amides is 3. The minimum atomic E-state index is -1.16. The Morgan fingerprint density at radius 1 is 1.07 bits per heavy atom. The summed E-state index contributed by atoms with van der Waals surface area (Å²) in [7, 11) is 3.05. The van der Waals surface area contributed by atoms with Crippen molar-refractivity contribution < 1.29 is 19.1 Å². The van der Waals surface area contributed by atoms with Gasteiger partial charge < -0.3 is 9.64 Å². The molecule has 1 unspecified atom stereocenters. The second kappa shape index (κ2) is 7.35. The van der Waals surface area contributed by atoms with Crippen LogP contribution < -0.4 is 4.74 Å². The molecule has 0 radical (unpaired) electrons. The topological polar surface area (TPSA) is 66.9 Å². The first-order valence-corrected chi connectivity index (χ1v) is 9.75. The van der Waals surface area contributed by atoms with Crippen LogP contribution in [0.15, 0.2) is 48.5 Å². The summed E-state index contributed by atoms with van der Waals surface area (Å²) in [6.45, 7) is 1.15. The van der Waals surface area contributed by atoms with Crippen LogP contribution in [0, 0.1) is 0 Å². The summed E-state index contributed by atoms with van der Waals surface area (Å²) in [5.74, 6) is -0.0270. The van der Waals surface area contributed by atoms with Crippen LogP contribution in [0.5, 0.6) is 5.75 Å². The number of hydrogen-bond acceptors (Lipinski definition) is 4. The summed E-state index contributed by atoms with van der Waals surface area (Å²) in [5.41, 5.74) is 1.91. The molecule has 0 spiro atoms. The number of nitrogens with zero attached hydrogens (tertiary/aromatic N) is 2. The molecule has 3 amide bonds. The lowest BCUT2D eigenvalue weighted by Crippen LogP contribution is -2.44. The lowest BCUT2D eigenvalue weighted by atomic mass is 9.75. The van der Waals surface area contributed by atoms with Gasteiger partial charge in [0.25, 0.3) is 0 Å². The molecule has 0 saturated carbocycles. The molecule has 150 valence electrons. The van der Waals surface area contributed by atoms with Gasteiger partial charge in [-0.2, -0.15) is 0 Å². The quantitative estimate of drug-likeness (QED) is 0.749. The van der Waals surface area contributed by atoms with E-state index in [1.165, 1.54) is 12.6 Å². The summed E-state index contributed by atoms with van der Waals surface area (Å²) in [5, 5.41) is 0. The Labute approximate surface area is 170 Å². The van der Waals surface area contributed by atoms with Crippen LogP contribution in [0.2, 0.25) is 0 Å². The molecule has 0 N–H and O–H groups in total. The highest BCUT2D eigenvalue weighted by atomic mass is 16.5. The van der Waals surface area contributed by atoms with Crippen molar-refractivity contribution in [3.05, 3.63) is 65.2 Å². The Hall–Kier alpha value is -3.15. The molecule has 6 heteroatoms. The normalized spacial score (nSPS) is 21.3. The molecule has 0 aromatic heterocycles. The third-order valence-electron chi connectivity index (χ3n) is 6.12. The molecule has 1 atom stereocenters. The van der Waals surface area contributed by atoms with Crippen molar-refractivity contribution in [1.82, 2.24) is 9.80 Å². The van der Waals surface area contributed by atoms with Crippen molar-refractivity contribution in [1.29, 1.82) is 0 Å². The van der Waals surface area contributed by atoms with E-state index < -0.39 is 5.41 Å². The number of imide groups is 1. The lowest BCUT2D eigenvalue weighted by Gasteiger charge is -2.33. The number of likely N-dealkylation sites (N-methyl/N-ethyl adjacent to an activating group) is 1. The number of likely N-dealkylation sites (tertiary alicyclic amines) is 1. The molecule has 2 heterocycles. The predicted octanol–water partition coefficient (Wildman–Crippen LogP) is 2.30. The van der Waals surface area contributed by atoms with Gasteiger partial charge in [-0.1, -0.05) is 36.4 Å². The first-order chi connectivity index (χ1) is 13.9. The zero-order chi connectivity index (χ0) is 20.6. The first kappa shape index (κ1) is 19.2. The van der Waals surface area contributed by atoms with Gasteiger partial charge in [-0.15, -0.1) is 0 Å². The number of carbonyl (C=O) groups is 3. The van der Waals surface area contributed by atoms with Crippen LogP contribution in [-0.4, -0.2) is 48.2 Å². The summed E-state index contributed by atoms with van der Waals surface area (Å²) >= 11 is 0. The fourth-order valence-corrected chi connectivity index (χ4v) is 4.34. The second-order valence-corrected chi connectivity index (χ2v) is 7.76. The van der Waals surface area contributed by atoms with Crippen LogP contribution in [0.25, 0.3) is 0 Å². The summed E-state index contributed by atoms with van der Waals surface area (Å²) in [4.78, 5) is 41.7. The average molecular weight is 392 g/mol. The average Bonchev–Trinajstić information content (AvgIpc) is 2.97. The van der Waals surface area contributed by atoms with E-state index >= 15 is 0 Å². The number of hydrogen-bond donors (Lipinski definition) is 0. The van der Waals surface area contributed by atoms with Crippen molar-refractivity contribution >= 4 is 17.7 Å². The molecular formula is C23H24N2O4. The highest BCUT2D eigenvalue weighted by Gasteiger charge is 2.53. The molecule has 1 saturated heterocycles. The zero-order valence-electron chi connectivity index (χ0n) is 16.7. The highest BCUT2D eigenvalue weighted by Crippen LogP contribution is 2.40. The van der Waals surface area contributed by atoms with Crippen molar-refractivity contribution in [2.24, 2.45) is 0 Å². The third-order valence-corrected chi connectivity index (χ3v) is 6.12. The minimum absolute atomic E-state index is 0.00479. The SMILES string of the molecule is COc1ccc(C2(CC(=O)N3CCc4ccccc4C3)CC(=O)N(C)C2=O)cc1. The van der Waals surface area contributed by atoms with Gasteiger partial charge in [-0.25, -0.2) is 0 Å². The summed E-state index contributed by atoms with van der Waals surface area (Å²) < 4.78 is 5.21. The maximum atomic E-state index is 13.2. The molecule has 0 aliphatic carbocycles. The number of carbonyl (C=O) groups excluding carboxylic acids is 3. The Balaban J connectivity index is 1.63. The molecule has 2 aliphatic rings. The molecule has 2 aliphatic heterocycles. The second-order valence-electron chi connectivity index (χ2n) is 7.76. The van der Waals surface area contributed by atoms with Gasteiger partial charge in [0.15, 0.2) is 0 Å². The molecule has 2 aromatic carbocycles. The van der Waals surface area contributed by atoms with Gasteiger partial charge in [0.05, 0.1) is 12.5 Å². The monoisotopic (exact) mass is 392 g/mol. The van der Waals surface area contributed by atoms with E-state index in [1.54, 1.807) is 36.3 Å². The Morgan fingerprint density at radius 2 is 1.76 bits per heavy atom. The van der Waals surface area contributed by atoms with Crippen molar-refractivity contribution in [3.8, 4) is 5.75 Å². The maximum Gasteiger partial charge on any atom is 0.240 e. The molecule has 0 bridgehead atoms. The largest absolute Gasteiger partial charge is 0.497 e. The van der Waals surface area contributed by atoms with Crippen LogP contribution in [0.1, 0.15) is 29.5 Å². The number of methoxy groups -OCH3 is 1. The molecule has 29 heavy (non-hydrogen) atoms. The molecule has 6 nitrogen and oxygen atoms in total. The fourth-order valence-electron chi connectivity index (χ4n) is 4.34. The lowest BCUT2D eigenvalue weighted by molar-refractivity contribution is -0.141. The third kappa shape index (κ3) is 3.28. The molecule has 2 aromatic rings. The zero-order valence-corrected chi connectivity index (χ0v) is 16.7. The van der Waals surface area contributed by atoms with E-state index in [-0.39, 0.29) is 30.6 Å². The number of rotatable bonds is 4.